The van der Waals surface area contributed by atoms with Crippen LogP contribution in [0.1, 0.15) is 6.92 Å². The quantitative estimate of drug-likeness (QED) is 0.597. The number of hydrogen-bond donors (Lipinski definition) is 2. The molecule has 0 aromatic heterocycles. The smallest absolute Gasteiger partial charge is 0.240 e. The molecule has 0 saturated heterocycles. The maximum Gasteiger partial charge on any atom is 0.240 e. The van der Waals surface area contributed by atoms with Crippen molar-refractivity contribution in [1.29, 1.82) is 0 Å². The fourth-order valence-electron chi connectivity index (χ4n) is 0.957. The summed E-state index contributed by atoms with van der Waals surface area (Å²) in [6, 6.07) is 6.90. The number of hydroxylamine groups is 1. The molecule has 15 heavy (non-hydrogen) atoms. The van der Waals surface area contributed by atoms with Gasteiger partial charge in [-0.15, -0.1) is 0 Å². The lowest BCUT2D eigenvalue weighted by atomic mass is 10.3. The Kier molecular flexibility index (Phi) is 5.10. The van der Waals surface area contributed by atoms with Gasteiger partial charge in [0.2, 0.25) is 5.91 Å². The first-order chi connectivity index (χ1) is 7.22. The molecule has 1 rings (SSSR count). The molecular weight excluding hydrogens is 216 g/mol. The molecular formula is C10H13ClN2O2. The molecule has 2 N–H and O–H groups in total. The molecule has 0 saturated carbocycles. The van der Waals surface area contributed by atoms with Crippen molar-refractivity contribution < 1.29 is 9.63 Å². The van der Waals surface area contributed by atoms with Gasteiger partial charge in [0.05, 0.1) is 6.61 Å². The predicted octanol–water partition coefficient (Wildman–Crippen LogP) is 1.82. The lowest BCUT2D eigenvalue weighted by Crippen LogP contribution is -2.28. The summed E-state index contributed by atoms with van der Waals surface area (Å²) < 4.78 is 0. The van der Waals surface area contributed by atoms with E-state index in [1.807, 2.05) is 6.92 Å². The molecule has 4 nitrogen and oxygen atoms in total. The van der Waals surface area contributed by atoms with E-state index in [9.17, 15) is 4.79 Å². The Morgan fingerprint density at radius 3 is 2.67 bits per heavy atom. The molecule has 0 aliphatic carbocycles. The van der Waals surface area contributed by atoms with Gasteiger partial charge in [0.1, 0.15) is 6.54 Å². The SMILES string of the molecule is CCONCC(=O)Nc1ccc(Cl)cc1. The Bertz CT molecular complexity index is 314. The Balaban J connectivity index is 2.34. The van der Waals surface area contributed by atoms with Gasteiger partial charge in [-0.1, -0.05) is 11.6 Å². The zero-order valence-corrected chi connectivity index (χ0v) is 9.17. The summed E-state index contributed by atoms with van der Waals surface area (Å²) in [6.45, 7) is 2.48. The van der Waals surface area contributed by atoms with Gasteiger partial charge < -0.3 is 10.2 Å². The first-order valence-electron chi connectivity index (χ1n) is 4.62. The van der Waals surface area contributed by atoms with Crippen LogP contribution < -0.4 is 10.8 Å². The van der Waals surface area contributed by atoms with Crippen molar-refractivity contribution in [2.75, 3.05) is 18.5 Å². The molecule has 0 atom stereocenters. The first kappa shape index (κ1) is 12.0. The largest absolute Gasteiger partial charge is 0.325 e. The average Bonchev–Trinajstić information content (AvgIpc) is 2.22. The molecule has 1 aromatic rings. The molecule has 0 radical (unpaired) electrons. The monoisotopic (exact) mass is 228 g/mol. The van der Waals surface area contributed by atoms with E-state index >= 15 is 0 Å². The van der Waals surface area contributed by atoms with E-state index in [0.717, 1.165) is 0 Å². The van der Waals surface area contributed by atoms with Gasteiger partial charge >= 0.3 is 0 Å². The summed E-state index contributed by atoms with van der Waals surface area (Å²) in [6.07, 6.45) is 0. The van der Waals surface area contributed by atoms with Crippen LogP contribution in [-0.2, 0) is 9.63 Å². The molecule has 0 bridgehead atoms. The fraction of sp³-hybridized carbons (Fsp3) is 0.300. The van der Waals surface area contributed by atoms with Crippen molar-refractivity contribution in [2.45, 2.75) is 6.92 Å². The number of hydrogen-bond acceptors (Lipinski definition) is 3. The molecule has 0 aliphatic heterocycles. The zero-order chi connectivity index (χ0) is 11.1. The number of anilines is 1. The molecule has 0 unspecified atom stereocenters. The van der Waals surface area contributed by atoms with Gasteiger partial charge in [0.25, 0.3) is 0 Å². The molecule has 1 aromatic carbocycles. The van der Waals surface area contributed by atoms with Crippen LogP contribution in [-0.4, -0.2) is 19.1 Å². The van der Waals surface area contributed by atoms with E-state index in [0.29, 0.717) is 17.3 Å². The van der Waals surface area contributed by atoms with Crippen molar-refractivity contribution in [2.24, 2.45) is 0 Å². The molecule has 82 valence electrons. The number of benzene rings is 1. The number of carbonyl (C=O) groups is 1. The average molecular weight is 229 g/mol. The van der Waals surface area contributed by atoms with E-state index in [-0.39, 0.29) is 12.5 Å². The van der Waals surface area contributed by atoms with Crippen LogP contribution in [0.2, 0.25) is 5.02 Å². The van der Waals surface area contributed by atoms with Crippen molar-refractivity contribution in [3.8, 4) is 0 Å². The Hall–Kier alpha value is -1.10. The Morgan fingerprint density at radius 2 is 2.07 bits per heavy atom. The van der Waals surface area contributed by atoms with Crippen molar-refractivity contribution in [1.82, 2.24) is 5.48 Å². The molecule has 0 fully saturated rings. The number of nitrogens with one attached hydrogen (secondary N) is 2. The number of amides is 1. The second-order valence-corrected chi connectivity index (χ2v) is 3.25. The van der Waals surface area contributed by atoms with Crippen molar-refractivity contribution in [3.05, 3.63) is 29.3 Å². The summed E-state index contributed by atoms with van der Waals surface area (Å²) in [7, 11) is 0. The standard InChI is InChI=1S/C10H13ClN2O2/c1-2-15-12-7-10(14)13-9-5-3-8(11)4-6-9/h3-6,12H,2,7H2,1H3,(H,13,14). The lowest BCUT2D eigenvalue weighted by molar-refractivity contribution is -0.117. The van der Waals surface area contributed by atoms with E-state index in [1.165, 1.54) is 0 Å². The third-order valence-corrected chi connectivity index (χ3v) is 1.86. The van der Waals surface area contributed by atoms with Gasteiger partial charge in [-0.3, -0.25) is 4.79 Å². The van der Waals surface area contributed by atoms with Gasteiger partial charge in [-0.25, -0.2) is 0 Å². The topological polar surface area (TPSA) is 50.4 Å². The van der Waals surface area contributed by atoms with E-state index in [2.05, 4.69) is 10.8 Å². The van der Waals surface area contributed by atoms with Crippen LogP contribution in [0.4, 0.5) is 5.69 Å². The molecule has 0 heterocycles. The van der Waals surface area contributed by atoms with Crippen LogP contribution in [0.25, 0.3) is 0 Å². The van der Waals surface area contributed by atoms with Gasteiger partial charge in [-0.2, -0.15) is 5.48 Å². The second-order valence-electron chi connectivity index (χ2n) is 2.81. The molecule has 1 amide bonds. The lowest BCUT2D eigenvalue weighted by Gasteiger charge is -2.05. The number of rotatable bonds is 5. The summed E-state index contributed by atoms with van der Waals surface area (Å²) >= 11 is 5.71. The van der Waals surface area contributed by atoms with Crippen LogP contribution in [0, 0.1) is 0 Å². The third-order valence-electron chi connectivity index (χ3n) is 1.61. The summed E-state index contributed by atoms with van der Waals surface area (Å²) in [4.78, 5) is 16.1. The van der Waals surface area contributed by atoms with Crippen LogP contribution in [0.15, 0.2) is 24.3 Å². The highest BCUT2D eigenvalue weighted by molar-refractivity contribution is 6.30. The highest BCUT2D eigenvalue weighted by Crippen LogP contribution is 2.12. The van der Waals surface area contributed by atoms with Gasteiger partial charge in [0.15, 0.2) is 0 Å². The maximum absolute atomic E-state index is 11.3. The minimum atomic E-state index is -0.161. The Labute approximate surface area is 93.5 Å². The van der Waals surface area contributed by atoms with Crippen molar-refractivity contribution in [3.63, 3.8) is 0 Å². The molecule has 5 heteroatoms. The Morgan fingerprint density at radius 1 is 1.40 bits per heavy atom. The van der Waals surface area contributed by atoms with Crippen LogP contribution >= 0.6 is 11.6 Å². The fourth-order valence-corrected chi connectivity index (χ4v) is 1.08. The number of carbonyl (C=O) groups excluding carboxylic acids is 1. The number of halogens is 1. The van der Waals surface area contributed by atoms with Crippen LogP contribution in [0.5, 0.6) is 0 Å². The third kappa shape index (κ3) is 4.78. The van der Waals surface area contributed by atoms with E-state index < -0.39 is 0 Å². The van der Waals surface area contributed by atoms with Crippen molar-refractivity contribution >= 4 is 23.2 Å². The first-order valence-corrected chi connectivity index (χ1v) is 5.00. The highest BCUT2D eigenvalue weighted by atomic mass is 35.5. The van der Waals surface area contributed by atoms with Gasteiger partial charge in [0, 0.05) is 10.7 Å². The minimum Gasteiger partial charge on any atom is -0.325 e. The second kappa shape index (κ2) is 6.40. The minimum absolute atomic E-state index is 0.121. The highest BCUT2D eigenvalue weighted by Gasteiger charge is 2.00. The van der Waals surface area contributed by atoms with E-state index in [1.54, 1.807) is 24.3 Å². The normalized spacial score (nSPS) is 10.0. The summed E-state index contributed by atoms with van der Waals surface area (Å²) in [5.41, 5.74) is 3.24. The predicted molar refractivity (Wildman–Crippen MR) is 59.7 cm³/mol. The van der Waals surface area contributed by atoms with Crippen LogP contribution in [0.3, 0.4) is 0 Å². The maximum atomic E-state index is 11.3. The molecule has 0 spiro atoms. The van der Waals surface area contributed by atoms with E-state index in [4.69, 9.17) is 16.4 Å². The summed E-state index contributed by atoms with van der Waals surface area (Å²) in [5.74, 6) is -0.161. The summed E-state index contributed by atoms with van der Waals surface area (Å²) in [5, 5.41) is 3.33. The molecule has 0 aliphatic rings. The van der Waals surface area contributed by atoms with Gasteiger partial charge in [-0.05, 0) is 31.2 Å². The zero-order valence-electron chi connectivity index (χ0n) is 8.42.